The van der Waals surface area contributed by atoms with Crippen molar-refractivity contribution in [2.75, 3.05) is 0 Å². The lowest BCUT2D eigenvalue weighted by molar-refractivity contribution is -0.138. The Labute approximate surface area is 97.2 Å². The van der Waals surface area contributed by atoms with Gasteiger partial charge < -0.3 is 10.6 Å². The van der Waals surface area contributed by atoms with E-state index in [2.05, 4.69) is 10.6 Å². The second-order valence-corrected chi connectivity index (χ2v) is 5.06. The third kappa shape index (κ3) is 2.97. The van der Waals surface area contributed by atoms with Gasteiger partial charge >= 0.3 is 0 Å². The first kappa shape index (κ1) is 13.0. The Morgan fingerprint density at radius 3 is 2.25 bits per heavy atom. The van der Waals surface area contributed by atoms with E-state index in [1.807, 2.05) is 27.7 Å². The minimum absolute atomic E-state index is 0.0420. The van der Waals surface area contributed by atoms with Gasteiger partial charge in [-0.15, -0.1) is 0 Å². The Bertz CT molecular complexity index is 276. The zero-order valence-electron chi connectivity index (χ0n) is 10.5. The zero-order chi connectivity index (χ0) is 12.3. The molecule has 1 aliphatic rings. The third-order valence-electron chi connectivity index (χ3n) is 3.13. The highest BCUT2D eigenvalue weighted by Crippen LogP contribution is 2.14. The predicted molar refractivity (Wildman–Crippen MR) is 62.8 cm³/mol. The van der Waals surface area contributed by atoms with Crippen LogP contribution in [0.1, 0.15) is 40.5 Å². The normalized spacial score (nSPS) is 27.6. The van der Waals surface area contributed by atoms with Crippen molar-refractivity contribution in [2.24, 2.45) is 11.8 Å². The van der Waals surface area contributed by atoms with Crippen LogP contribution in [0.2, 0.25) is 0 Å². The Morgan fingerprint density at radius 1 is 1.12 bits per heavy atom. The summed E-state index contributed by atoms with van der Waals surface area (Å²) in [4.78, 5) is 23.6. The smallest absolute Gasteiger partial charge is 0.243 e. The van der Waals surface area contributed by atoms with Gasteiger partial charge in [0.15, 0.2) is 0 Å². The second kappa shape index (κ2) is 5.32. The standard InChI is InChI=1S/C12H22N2O2/c1-5-8(4)10-12(16)13-9(6-7(2)3)11(15)14-10/h7-10H,5-6H2,1-4H3,(H,13,16)(H,14,15)/t8-,9+,10+/m1/s1. The molecule has 0 aromatic heterocycles. The molecule has 0 saturated carbocycles. The van der Waals surface area contributed by atoms with Crippen LogP contribution in [0.15, 0.2) is 0 Å². The first-order valence-corrected chi connectivity index (χ1v) is 6.06. The SMILES string of the molecule is CC[C@@H](C)[C@@H]1NC(=O)[C@H](CC(C)C)NC1=O. The van der Waals surface area contributed by atoms with Crippen molar-refractivity contribution in [3.8, 4) is 0 Å². The summed E-state index contributed by atoms with van der Waals surface area (Å²) in [5.74, 6) is 0.498. The molecule has 0 spiro atoms. The van der Waals surface area contributed by atoms with Crippen LogP contribution in [0.3, 0.4) is 0 Å². The number of hydrogen-bond donors (Lipinski definition) is 2. The number of nitrogens with one attached hydrogen (secondary N) is 2. The molecule has 1 saturated heterocycles. The number of piperazine rings is 1. The van der Waals surface area contributed by atoms with E-state index in [0.717, 1.165) is 6.42 Å². The van der Waals surface area contributed by atoms with E-state index in [9.17, 15) is 9.59 Å². The summed E-state index contributed by atoms with van der Waals surface area (Å²) in [5, 5.41) is 5.63. The molecule has 0 radical (unpaired) electrons. The van der Waals surface area contributed by atoms with E-state index in [4.69, 9.17) is 0 Å². The van der Waals surface area contributed by atoms with Crippen molar-refractivity contribution in [3.63, 3.8) is 0 Å². The maximum Gasteiger partial charge on any atom is 0.243 e. The van der Waals surface area contributed by atoms with E-state index in [1.54, 1.807) is 0 Å². The number of carbonyl (C=O) groups excluding carboxylic acids is 2. The monoisotopic (exact) mass is 226 g/mol. The molecule has 0 unspecified atom stereocenters. The van der Waals surface area contributed by atoms with Crippen molar-refractivity contribution in [1.29, 1.82) is 0 Å². The molecule has 2 N–H and O–H groups in total. The van der Waals surface area contributed by atoms with E-state index in [1.165, 1.54) is 0 Å². The van der Waals surface area contributed by atoms with Gasteiger partial charge in [0.2, 0.25) is 11.8 Å². The Hall–Kier alpha value is -1.06. The number of rotatable bonds is 4. The van der Waals surface area contributed by atoms with E-state index in [0.29, 0.717) is 12.3 Å². The van der Waals surface area contributed by atoms with Crippen LogP contribution >= 0.6 is 0 Å². The van der Waals surface area contributed by atoms with Gasteiger partial charge in [0.05, 0.1) is 0 Å². The highest BCUT2D eigenvalue weighted by molar-refractivity contribution is 5.97. The van der Waals surface area contributed by atoms with Crippen LogP contribution in [-0.2, 0) is 9.59 Å². The van der Waals surface area contributed by atoms with E-state index < -0.39 is 0 Å². The molecule has 0 aromatic rings. The Balaban J connectivity index is 2.63. The van der Waals surface area contributed by atoms with E-state index in [-0.39, 0.29) is 29.8 Å². The molecule has 2 amide bonds. The molecule has 4 heteroatoms. The molecule has 1 heterocycles. The first-order chi connectivity index (χ1) is 7.45. The fourth-order valence-corrected chi connectivity index (χ4v) is 1.92. The number of carbonyl (C=O) groups is 2. The lowest BCUT2D eigenvalue weighted by Crippen LogP contribution is -2.63. The average Bonchev–Trinajstić information content (AvgIpc) is 2.21. The van der Waals surface area contributed by atoms with Crippen LogP contribution in [0, 0.1) is 11.8 Å². The van der Waals surface area contributed by atoms with Gasteiger partial charge in [0.25, 0.3) is 0 Å². The van der Waals surface area contributed by atoms with Gasteiger partial charge in [0.1, 0.15) is 12.1 Å². The molecule has 92 valence electrons. The quantitative estimate of drug-likeness (QED) is 0.753. The van der Waals surface area contributed by atoms with Gasteiger partial charge in [-0.3, -0.25) is 9.59 Å². The average molecular weight is 226 g/mol. The van der Waals surface area contributed by atoms with Crippen LogP contribution in [0.5, 0.6) is 0 Å². The molecule has 1 rings (SSSR count). The minimum atomic E-state index is -0.360. The number of amides is 2. The topological polar surface area (TPSA) is 58.2 Å². The number of hydrogen-bond acceptors (Lipinski definition) is 2. The van der Waals surface area contributed by atoms with Gasteiger partial charge in [-0.1, -0.05) is 34.1 Å². The second-order valence-electron chi connectivity index (χ2n) is 5.06. The lowest BCUT2D eigenvalue weighted by Gasteiger charge is -2.33. The molecule has 3 atom stereocenters. The molecule has 16 heavy (non-hydrogen) atoms. The predicted octanol–water partition coefficient (Wildman–Crippen LogP) is 1.06. The minimum Gasteiger partial charge on any atom is -0.343 e. The third-order valence-corrected chi connectivity index (χ3v) is 3.13. The van der Waals surface area contributed by atoms with Crippen molar-refractivity contribution in [3.05, 3.63) is 0 Å². The summed E-state index contributed by atoms with van der Waals surface area (Å²) < 4.78 is 0. The Kier molecular flexibility index (Phi) is 4.33. The summed E-state index contributed by atoms with van der Waals surface area (Å²) in [6, 6.07) is -0.714. The largest absolute Gasteiger partial charge is 0.343 e. The highest BCUT2D eigenvalue weighted by atomic mass is 16.2. The van der Waals surface area contributed by atoms with Crippen LogP contribution in [-0.4, -0.2) is 23.9 Å². The lowest BCUT2D eigenvalue weighted by atomic mass is 9.93. The molecule has 0 bridgehead atoms. The maximum absolute atomic E-state index is 11.8. The molecular formula is C12H22N2O2. The van der Waals surface area contributed by atoms with E-state index >= 15 is 0 Å². The Morgan fingerprint density at radius 2 is 1.75 bits per heavy atom. The molecule has 1 fully saturated rings. The summed E-state index contributed by atoms with van der Waals surface area (Å²) in [5.41, 5.74) is 0. The molecular weight excluding hydrogens is 204 g/mol. The maximum atomic E-state index is 11.8. The first-order valence-electron chi connectivity index (χ1n) is 6.06. The summed E-state index contributed by atoms with van der Waals surface area (Å²) in [6.45, 7) is 8.08. The van der Waals surface area contributed by atoms with Crippen LogP contribution < -0.4 is 10.6 Å². The van der Waals surface area contributed by atoms with Gasteiger partial charge in [0, 0.05) is 0 Å². The highest BCUT2D eigenvalue weighted by Gasteiger charge is 2.35. The van der Waals surface area contributed by atoms with Crippen molar-refractivity contribution in [2.45, 2.75) is 52.6 Å². The van der Waals surface area contributed by atoms with Gasteiger partial charge in [-0.05, 0) is 18.3 Å². The van der Waals surface area contributed by atoms with Crippen molar-refractivity contribution < 1.29 is 9.59 Å². The zero-order valence-corrected chi connectivity index (χ0v) is 10.5. The molecule has 1 aliphatic heterocycles. The van der Waals surface area contributed by atoms with Gasteiger partial charge in [-0.25, -0.2) is 0 Å². The molecule has 0 aromatic carbocycles. The summed E-state index contributed by atoms with van der Waals surface area (Å²) >= 11 is 0. The van der Waals surface area contributed by atoms with Gasteiger partial charge in [-0.2, -0.15) is 0 Å². The van der Waals surface area contributed by atoms with Crippen molar-refractivity contribution in [1.82, 2.24) is 10.6 Å². The summed E-state index contributed by atoms with van der Waals surface area (Å²) in [7, 11) is 0. The summed E-state index contributed by atoms with van der Waals surface area (Å²) in [6.07, 6.45) is 1.58. The fraction of sp³-hybridized carbons (Fsp3) is 0.833. The molecule has 4 nitrogen and oxygen atoms in total. The van der Waals surface area contributed by atoms with Crippen molar-refractivity contribution >= 4 is 11.8 Å². The molecule has 0 aliphatic carbocycles. The van der Waals surface area contributed by atoms with Crippen LogP contribution in [0.25, 0.3) is 0 Å². The van der Waals surface area contributed by atoms with Crippen LogP contribution in [0.4, 0.5) is 0 Å². The fourth-order valence-electron chi connectivity index (χ4n) is 1.92.